The number of rotatable bonds is 37. The van der Waals surface area contributed by atoms with Gasteiger partial charge in [-0.1, -0.05) is 126 Å². The Morgan fingerprint density at radius 1 is 0.531 bits per heavy atom. The topological polar surface area (TPSA) is 214 Å². The van der Waals surface area contributed by atoms with Gasteiger partial charge in [-0.3, -0.25) is 4.79 Å². The Bertz CT molecular complexity index is 1290. The highest BCUT2D eigenvalue weighted by Crippen LogP contribution is 2.26. The fourth-order valence-corrected chi connectivity index (χ4v) is 7.27. The van der Waals surface area contributed by atoms with E-state index in [0.717, 1.165) is 96.3 Å². The van der Waals surface area contributed by atoms with Gasteiger partial charge < -0.3 is 64.2 Å². The maximum absolute atomic E-state index is 13.0. The zero-order valence-corrected chi connectivity index (χ0v) is 39.0. The Labute approximate surface area is 384 Å². The highest BCUT2D eigenvalue weighted by atomic mass is 16.7. The number of ether oxygens (including phenoxy) is 6. The van der Waals surface area contributed by atoms with Crippen LogP contribution in [0, 0.1) is 0 Å². The van der Waals surface area contributed by atoms with Gasteiger partial charge in [0.1, 0.15) is 54.9 Å². The minimum Gasteiger partial charge on any atom is -0.457 e. The lowest BCUT2D eigenvalue weighted by Crippen LogP contribution is -2.61. The first-order valence-electron chi connectivity index (χ1n) is 24.4. The van der Waals surface area contributed by atoms with Crippen molar-refractivity contribution in [2.45, 2.75) is 216 Å². The van der Waals surface area contributed by atoms with Gasteiger partial charge in [0, 0.05) is 13.0 Å². The summed E-state index contributed by atoms with van der Waals surface area (Å²) in [6.07, 6.45) is 27.1. The van der Waals surface area contributed by atoms with Gasteiger partial charge in [-0.2, -0.15) is 0 Å². The number of esters is 1. The molecule has 0 aliphatic carbocycles. The van der Waals surface area contributed by atoms with Crippen molar-refractivity contribution >= 4 is 5.97 Å². The molecule has 0 aromatic carbocycles. The quantitative estimate of drug-likeness (QED) is 0.0200. The molecule has 2 rings (SSSR count). The predicted molar refractivity (Wildman–Crippen MR) is 247 cm³/mol. The summed E-state index contributed by atoms with van der Waals surface area (Å²) in [6.45, 7) is 3.46. The second-order valence-electron chi connectivity index (χ2n) is 16.9. The van der Waals surface area contributed by atoms with Crippen LogP contribution in [0.3, 0.4) is 0 Å². The Morgan fingerprint density at radius 2 is 1.02 bits per heavy atom. The lowest BCUT2D eigenvalue weighted by Gasteiger charge is -2.42. The summed E-state index contributed by atoms with van der Waals surface area (Å²) in [4.78, 5) is 13.0. The summed E-state index contributed by atoms with van der Waals surface area (Å²) in [5.74, 6) is -0.401. The third-order valence-corrected chi connectivity index (χ3v) is 11.3. The molecule has 11 unspecified atom stereocenters. The van der Waals surface area contributed by atoms with Crippen LogP contribution in [0.15, 0.2) is 60.8 Å². The van der Waals surface area contributed by atoms with Crippen LogP contribution in [0.4, 0.5) is 0 Å². The van der Waals surface area contributed by atoms with Gasteiger partial charge in [0.25, 0.3) is 0 Å². The number of carbonyl (C=O) groups excluding carboxylic acids is 1. The molecular weight excluding hydrogens is 825 g/mol. The smallest absolute Gasteiger partial charge is 0.306 e. The first-order chi connectivity index (χ1) is 31.1. The molecule has 2 aliphatic heterocycles. The van der Waals surface area contributed by atoms with E-state index in [2.05, 4.69) is 74.6 Å². The van der Waals surface area contributed by atoms with Crippen molar-refractivity contribution in [3.63, 3.8) is 0 Å². The van der Waals surface area contributed by atoms with Crippen LogP contribution in [0.5, 0.6) is 0 Å². The fourth-order valence-electron chi connectivity index (χ4n) is 7.27. The van der Waals surface area contributed by atoms with Crippen LogP contribution in [0.2, 0.25) is 0 Å². The molecule has 64 heavy (non-hydrogen) atoms. The minimum atomic E-state index is -1.72. The van der Waals surface area contributed by atoms with Gasteiger partial charge in [0.15, 0.2) is 12.6 Å². The van der Waals surface area contributed by atoms with E-state index in [4.69, 9.17) is 28.4 Å². The summed E-state index contributed by atoms with van der Waals surface area (Å²) in [7, 11) is 0. The zero-order chi connectivity index (χ0) is 46.6. The Hall–Kier alpha value is -2.31. The van der Waals surface area contributed by atoms with Crippen LogP contribution in [0.25, 0.3) is 0 Å². The fraction of sp³-hybridized carbons (Fsp3) is 0.780. The van der Waals surface area contributed by atoms with Gasteiger partial charge in [-0.25, -0.2) is 0 Å². The van der Waals surface area contributed by atoms with Crippen molar-refractivity contribution in [1.29, 1.82) is 0 Å². The van der Waals surface area contributed by atoms with Crippen molar-refractivity contribution in [1.82, 2.24) is 0 Å². The van der Waals surface area contributed by atoms with E-state index >= 15 is 0 Å². The lowest BCUT2D eigenvalue weighted by atomic mass is 9.98. The van der Waals surface area contributed by atoms with Crippen molar-refractivity contribution in [2.75, 3.05) is 33.0 Å². The molecule has 11 atom stereocenters. The maximum atomic E-state index is 13.0. The van der Waals surface area contributed by atoms with E-state index in [1.165, 1.54) is 25.7 Å². The molecule has 0 spiro atoms. The molecule has 0 aromatic heterocycles. The molecular formula is C50H86O14. The first kappa shape index (κ1) is 57.8. The Morgan fingerprint density at radius 3 is 1.59 bits per heavy atom. The molecule has 0 bridgehead atoms. The molecule has 2 fully saturated rings. The molecule has 14 heteroatoms. The largest absolute Gasteiger partial charge is 0.457 e. The maximum Gasteiger partial charge on any atom is 0.306 e. The summed E-state index contributed by atoms with van der Waals surface area (Å²) < 4.78 is 34.2. The summed E-state index contributed by atoms with van der Waals surface area (Å²) in [6, 6.07) is 0. The first-order valence-corrected chi connectivity index (χ1v) is 24.4. The van der Waals surface area contributed by atoms with Crippen molar-refractivity contribution in [2.24, 2.45) is 0 Å². The molecule has 2 saturated heterocycles. The van der Waals surface area contributed by atoms with Crippen LogP contribution in [-0.2, 0) is 33.2 Å². The second kappa shape index (κ2) is 37.7. The van der Waals surface area contributed by atoms with Crippen LogP contribution < -0.4 is 0 Å². The molecule has 2 aliphatic rings. The average Bonchev–Trinajstić information content (AvgIpc) is 3.29. The number of aliphatic hydroxyl groups is 7. The van der Waals surface area contributed by atoms with Gasteiger partial charge in [0.05, 0.1) is 26.4 Å². The van der Waals surface area contributed by atoms with E-state index in [9.17, 15) is 40.5 Å². The molecule has 0 saturated carbocycles. The number of hydrogen-bond donors (Lipinski definition) is 7. The molecule has 14 nitrogen and oxygen atoms in total. The average molecular weight is 911 g/mol. The van der Waals surface area contributed by atoms with E-state index in [1.54, 1.807) is 0 Å². The Balaban J connectivity index is 1.81. The molecule has 0 radical (unpaired) electrons. The number of allylic oxidation sites excluding steroid dienone is 10. The summed E-state index contributed by atoms with van der Waals surface area (Å²) >= 11 is 0. The van der Waals surface area contributed by atoms with Crippen molar-refractivity contribution in [3.05, 3.63) is 60.8 Å². The third kappa shape index (κ3) is 25.6. The number of carbonyl (C=O) groups is 1. The van der Waals surface area contributed by atoms with Crippen LogP contribution >= 0.6 is 0 Å². The minimum absolute atomic E-state index is 0.0378. The molecule has 0 aromatic rings. The van der Waals surface area contributed by atoms with E-state index in [0.29, 0.717) is 13.0 Å². The van der Waals surface area contributed by atoms with Gasteiger partial charge in [-0.15, -0.1) is 0 Å². The lowest BCUT2D eigenvalue weighted by molar-refractivity contribution is -0.332. The second-order valence-corrected chi connectivity index (χ2v) is 16.9. The standard InChI is InChI=1S/C50H86O14/c1-3-5-7-9-11-13-15-17-19-20-21-23-25-27-29-31-33-42(52)62-39(36-59-34-32-30-28-26-24-22-18-16-14-12-10-8-6-4-2)37-60-49-48(58)46(56)44(54)41(64-49)38-61-50-47(57)45(55)43(53)40(35-51)63-50/h6,8,12-15,18-20,22,39-41,43-51,53-58H,3-5,7,9-11,16-17,21,23-38H2,1-2H3/b8-6-,14-12-,15-13-,20-19-,22-18-. The highest BCUT2D eigenvalue weighted by molar-refractivity contribution is 5.69. The van der Waals surface area contributed by atoms with E-state index in [-0.39, 0.29) is 19.6 Å². The molecule has 2 heterocycles. The van der Waals surface area contributed by atoms with Crippen molar-refractivity contribution < 1.29 is 69.0 Å². The number of hydrogen-bond acceptors (Lipinski definition) is 14. The summed E-state index contributed by atoms with van der Waals surface area (Å²) in [5.41, 5.74) is 0. The van der Waals surface area contributed by atoms with Crippen molar-refractivity contribution in [3.8, 4) is 0 Å². The van der Waals surface area contributed by atoms with E-state index in [1.807, 2.05) is 0 Å². The zero-order valence-electron chi connectivity index (χ0n) is 39.0. The molecule has 370 valence electrons. The van der Waals surface area contributed by atoms with E-state index < -0.39 is 86.7 Å². The van der Waals surface area contributed by atoms with Gasteiger partial charge in [-0.05, 0) is 77.0 Å². The monoisotopic (exact) mass is 911 g/mol. The number of aliphatic hydroxyl groups excluding tert-OH is 7. The van der Waals surface area contributed by atoms with Gasteiger partial charge >= 0.3 is 5.97 Å². The molecule has 0 amide bonds. The third-order valence-electron chi connectivity index (χ3n) is 11.3. The molecule has 7 N–H and O–H groups in total. The SMILES string of the molecule is CC/C=C\C/C=C\C/C=C\CCCCCCOCC(COC1OC(COC2OC(CO)C(O)C(O)C2O)C(O)C(O)C1O)OC(=O)CCCCCCC/C=C\C/C=C\CCCCCC. The summed E-state index contributed by atoms with van der Waals surface area (Å²) in [5, 5.41) is 72.0. The normalized spacial score (nSPS) is 27.3. The van der Waals surface area contributed by atoms with Crippen LogP contribution in [-0.4, -0.2) is 142 Å². The Kier molecular flexibility index (Phi) is 34.1. The van der Waals surface area contributed by atoms with Gasteiger partial charge in [0.2, 0.25) is 0 Å². The number of unbranched alkanes of at least 4 members (excludes halogenated alkanes) is 13. The highest BCUT2D eigenvalue weighted by Gasteiger charge is 2.47. The van der Waals surface area contributed by atoms with Crippen LogP contribution in [0.1, 0.15) is 149 Å². The predicted octanol–water partition coefficient (Wildman–Crippen LogP) is 6.57.